The van der Waals surface area contributed by atoms with Gasteiger partial charge in [0, 0.05) is 18.5 Å². The van der Waals surface area contributed by atoms with E-state index in [1.807, 2.05) is 35.8 Å². The van der Waals surface area contributed by atoms with Crippen molar-refractivity contribution in [3.8, 4) is 0 Å². The summed E-state index contributed by atoms with van der Waals surface area (Å²) in [6.45, 7) is 3.87. The van der Waals surface area contributed by atoms with E-state index in [9.17, 15) is 4.79 Å². The zero-order valence-corrected chi connectivity index (χ0v) is 9.69. The number of nitrogens with one attached hydrogen (secondary N) is 1. The highest BCUT2D eigenvalue weighted by atomic mass is 16.5. The molecule has 2 heterocycles. The van der Waals surface area contributed by atoms with Crippen LogP contribution in [0.25, 0.3) is 10.9 Å². The summed E-state index contributed by atoms with van der Waals surface area (Å²) in [4.78, 5) is 11.9. The van der Waals surface area contributed by atoms with Crippen molar-refractivity contribution in [3.05, 3.63) is 30.0 Å². The topological polar surface area (TPSA) is 43.3 Å². The highest BCUT2D eigenvalue weighted by Crippen LogP contribution is 2.29. The monoisotopic (exact) mass is 230 g/mol. The SMILES string of the molecule is CCOC(=O)c1cc2cccc3c2n1CCN3. The number of ether oxygens (including phenoxy) is 1. The first-order valence-electron chi connectivity index (χ1n) is 5.84. The third-order valence-electron chi connectivity index (χ3n) is 3.06. The van der Waals surface area contributed by atoms with E-state index in [0.717, 1.165) is 29.7 Å². The Hall–Kier alpha value is -1.97. The zero-order valence-electron chi connectivity index (χ0n) is 9.69. The largest absolute Gasteiger partial charge is 0.461 e. The molecule has 0 fully saturated rings. The van der Waals surface area contributed by atoms with Crippen LogP contribution in [0.1, 0.15) is 17.4 Å². The predicted molar refractivity (Wildman–Crippen MR) is 66.4 cm³/mol. The molecule has 3 rings (SSSR count). The molecule has 2 aromatic rings. The van der Waals surface area contributed by atoms with Gasteiger partial charge >= 0.3 is 5.97 Å². The van der Waals surface area contributed by atoms with Crippen LogP contribution in [0.4, 0.5) is 5.69 Å². The van der Waals surface area contributed by atoms with E-state index in [0.29, 0.717) is 12.3 Å². The Kier molecular flexibility index (Phi) is 2.28. The highest BCUT2D eigenvalue weighted by molar-refractivity contribution is 6.00. The fourth-order valence-electron chi connectivity index (χ4n) is 2.38. The lowest BCUT2D eigenvalue weighted by atomic mass is 10.2. The molecule has 17 heavy (non-hydrogen) atoms. The fraction of sp³-hybridized carbons (Fsp3) is 0.308. The number of rotatable bonds is 2. The summed E-state index contributed by atoms with van der Waals surface area (Å²) in [6, 6.07) is 7.96. The van der Waals surface area contributed by atoms with Crippen LogP contribution in [0.3, 0.4) is 0 Å². The van der Waals surface area contributed by atoms with Crippen molar-refractivity contribution >= 4 is 22.6 Å². The van der Waals surface area contributed by atoms with Crippen LogP contribution in [0, 0.1) is 0 Å². The smallest absolute Gasteiger partial charge is 0.354 e. The lowest BCUT2D eigenvalue weighted by Crippen LogP contribution is -2.20. The van der Waals surface area contributed by atoms with Gasteiger partial charge in [0.2, 0.25) is 0 Å². The molecule has 0 saturated heterocycles. The Balaban J connectivity index is 2.21. The fourth-order valence-corrected chi connectivity index (χ4v) is 2.38. The summed E-state index contributed by atoms with van der Waals surface area (Å²) in [6.07, 6.45) is 0. The van der Waals surface area contributed by atoms with Crippen LogP contribution in [0.15, 0.2) is 24.3 Å². The molecule has 4 nitrogen and oxygen atoms in total. The van der Waals surface area contributed by atoms with Crippen LogP contribution < -0.4 is 5.32 Å². The van der Waals surface area contributed by atoms with Gasteiger partial charge in [-0.2, -0.15) is 0 Å². The van der Waals surface area contributed by atoms with Crippen molar-refractivity contribution in [1.29, 1.82) is 0 Å². The minimum Gasteiger partial charge on any atom is -0.461 e. The Bertz CT molecular complexity index is 586. The Morgan fingerprint density at radius 2 is 2.41 bits per heavy atom. The van der Waals surface area contributed by atoms with Gasteiger partial charge in [-0.15, -0.1) is 0 Å². The van der Waals surface area contributed by atoms with E-state index in [2.05, 4.69) is 5.32 Å². The maximum absolute atomic E-state index is 11.9. The van der Waals surface area contributed by atoms with Gasteiger partial charge in [-0.05, 0) is 19.1 Å². The third kappa shape index (κ3) is 1.48. The predicted octanol–water partition coefficient (Wildman–Crippen LogP) is 2.24. The van der Waals surface area contributed by atoms with E-state index in [4.69, 9.17) is 4.74 Å². The number of esters is 1. The first-order chi connectivity index (χ1) is 8.31. The molecular formula is C13H14N2O2. The maximum Gasteiger partial charge on any atom is 0.354 e. The molecule has 88 valence electrons. The first kappa shape index (κ1) is 10.2. The van der Waals surface area contributed by atoms with E-state index >= 15 is 0 Å². The number of carbonyl (C=O) groups excluding carboxylic acids is 1. The Morgan fingerprint density at radius 3 is 3.24 bits per heavy atom. The molecule has 4 heteroatoms. The second-order valence-corrected chi connectivity index (χ2v) is 4.07. The average Bonchev–Trinajstić information content (AvgIpc) is 2.72. The van der Waals surface area contributed by atoms with E-state index in [1.54, 1.807) is 0 Å². The number of aromatic nitrogens is 1. The molecular weight excluding hydrogens is 216 g/mol. The number of para-hydroxylation sites is 1. The quantitative estimate of drug-likeness (QED) is 0.805. The van der Waals surface area contributed by atoms with Gasteiger partial charge in [0.1, 0.15) is 5.69 Å². The van der Waals surface area contributed by atoms with E-state index < -0.39 is 0 Å². The second kappa shape index (κ2) is 3.80. The van der Waals surface area contributed by atoms with Crippen molar-refractivity contribution in [2.45, 2.75) is 13.5 Å². The van der Waals surface area contributed by atoms with Gasteiger partial charge < -0.3 is 14.6 Å². The first-order valence-corrected chi connectivity index (χ1v) is 5.84. The standard InChI is InChI=1S/C13H14N2O2/c1-2-17-13(16)11-8-9-4-3-5-10-12(9)15(11)7-6-14-10/h3-5,8,14H,2,6-7H2,1H3. The minimum absolute atomic E-state index is 0.239. The molecule has 0 saturated carbocycles. The summed E-state index contributed by atoms with van der Waals surface area (Å²) < 4.78 is 7.12. The van der Waals surface area contributed by atoms with Crippen LogP contribution in [-0.4, -0.2) is 23.7 Å². The molecule has 0 amide bonds. The van der Waals surface area contributed by atoms with E-state index in [-0.39, 0.29) is 5.97 Å². The maximum atomic E-state index is 11.9. The molecule has 0 atom stereocenters. The van der Waals surface area contributed by atoms with Gasteiger partial charge in [-0.3, -0.25) is 0 Å². The number of nitrogens with zero attached hydrogens (tertiary/aromatic N) is 1. The third-order valence-corrected chi connectivity index (χ3v) is 3.06. The Morgan fingerprint density at radius 1 is 1.53 bits per heavy atom. The second-order valence-electron chi connectivity index (χ2n) is 4.07. The van der Waals surface area contributed by atoms with Crippen molar-refractivity contribution < 1.29 is 9.53 Å². The molecule has 0 aliphatic carbocycles. The number of hydrogen-bond donors (Lipinski definition) is 1. The molecule has 0 unspecified atom stereocenters. The number of carbonyl (C=O) groups is 1. The van der Waals surface area contributed by atoms with Crippen LogP contribution in [0.5, 0.6) is 0 Å². The summed E-state index contributed by atoms with van der Waals surface area (Å²) in [5.41, 5.74) is 2.84. The minimum atomic E-state index is -0.239. The molecule has 0 radical (unpaired) electrons. The molecule has 1 aliphatic heterocycles. The summed E-state index contributed by atoms with van der Waals surface area (Å²) in [5, 5.41) is 4.42. The average molecular weight is 230 g/mol. The van der Waals surface area contributed by atoms with Gasteiger partial charge in [0.25, 0.3) is 0 Å². The van der Waals surface area contributed by atoms with Crippen molar-refractivity contribution in [1.82, 2.24) is 4.57 Å². The van der Waals surface area contributed by atoms with Crippen LogP contribution >= 0.6 is 0 Å². The molecule has 1 aromatic carbocycles. The lowest BCUT2D eigenvalue weighted by molar-refractivity contribution is 0.0514. The van der Waals surface area contributed by atoms with Gasteiger partial charge in [0.05, 0.1) is 17.8 Å². The van der Waals surface area contributed by atoms with E-state index in [1.165, 1.54) is 0 Å². The summed E-state index contributed by atoms with van der Waals surface area (Å²) in [5.74, 6) is -0.239. The molecule has 0 bridgehead atoms. The van der Waals surface area contributed by atoms with Crippen LogP contribution in [-0.2, 0) is 11.3 Å². The van der Waals surface area contributed by atoms with Gasteiger partial charge in [0.15, 0.2) is 0 Å². The zero-order chi connectivity index (χ0) is 11.8. The van der Waals surface area contributed by atoms with Crippen molar-refractivity contribution in [2.75, 3.05) is 18.5 Å². The number of benzene rings is 1. The lowest BCUT2D eigenvalue weighted by Gasteiger charge is -2.19. The molecule has 0 spiro atoms. The normalized spacial score (nSPS) is 13.5. The molecule has 1 N–H and O–H groups in total. The number of hydrogen-bond acceptors (Lipinski definition) is 3. The number of anilines is 1. The highest BCUT2D eigenvalue weighted by Gasteiger charge is 2.20. The Labute approximate surface area is 99.2 Å². The van der Waals surface area contributed by atoms with Gasteiger partial charge in [-0.25, -0.2) is 4.79 Å². The van der Waals surface area contributed by atoms with Crippen molar-refractivity contribution in [2.24, 2.45) is 0 Å². The van der Waals surface area contributed by atoms with Gasteiger partial charge in [-0.1, -0.05) is 12.1 Å². The molecule has 1 aliphatic rings. The summed E-state index contributed by atoms with van der Waals surface area (Å²) >= 11 is 0. The molecule has 1 aromatic heterocycles. The van der Waals surface area contributed by atoms with Crippen LogP contribution in [0.2, 0.25) is 0 Å². The summed E-state index contributed by atoms with van der Waals surface area (Å²) in [7, 11) is 0. The van der Waals surface area contributed by atoms with Crippen molar-refractivity contribution in [3.63, 3.8) is 0 Å².